The number of hydrogen-bond donors (Lipinski definition) is 0. The molecule has 0 atom stereocenters. The quantitative estimate of drug-likeness (QED) is 0.204. The fourth-order valence-corrected chi connectivity index (χ4v) is 3.74. The van der Waals surface area contributed by atoms with Gasteiger partial charge in [0.1, 0.15) is 0 Å². The van der Waals surface area contributed by atoms with E-state index in [2.05, 4.69) is 54.2 Å². The van der Waals surface area contributed by atoms with Crippen LogP contribution in [0.2, 0.25) is 0 Å². The monoisotopic (exact) mass is 664 g/mol. The van der Waals surface area contributed by atoms with Crippen molar-refractivity contribution < 1.29 is 44.3 Å². The number of halogens is 2. The number of benzene rings is 1. The molecule has 204 valence electrons. The molecule has 0 unspecified atom stereocenters. The molecule has 1 aromatic carbocycles. The summed E-state index contributed by atoms with van der Waals surface area (Å²) in [6, 6.07) is 35.3. The van der Waals surface area contributed by atoms with Gasteiger partial charge in [-0.05, 0) is 60.7 Å². The number of fused-ring (bicyclic) bond motifs is 3. The molecule has 0 aliphatic carbocycles. The van der Waals surface area contributed by atoms with E-state index in [-0.39, 0.29) is 44.3 Å². The SMILES string of the molecule is [Cl-].[Cl-].[Ru+2].c1ccc(-c2ccccn2)nc1.c1ccc(-c2ccccn2)nc1.c1cnc2c(c1)ccc1cccnc12. The van der Waals surface area contributed by atoms with Crippen molar-refractivity contribution in [3.63, 3.8) is 0 Å². The van der Waals surface area contributed by atoms with E-state index in [0.717, 1.165) is 44.6 Å². The maximum Gasteiger partial charge on any atom is 2.00 e. The molecule has 0 aliphatic heterocycles. The molecule has 6 heterocycles. The van der Waals surface area contributed by atoms with Crippen molar-refractivity contribution in [3.8, 4) is 22.8 Å². The van der Waals surface area contributed by atoms with Crippen LogP contribution in [0.3, 0.4) is 0 Å². The molecule has 0 radical (unpaired) electrons. The first-order chi connectivity index (χ1) is 18.9. The molecule has 0 amide bonds. The van der Waals surface area contributed by atoms with Crippen LogP contribution in [0.5, 0.6) is 0 Å². The van der Waals surface area contributed by atoms with Crippen molar-refractivity contribution in [2.45, 2.75) is 0 Å². The van der Waals surface area contributed by atoms with Gasteiger partial charge in [-0.15, -0.1) is 0 Å². The van der Waals surface area contributed by atoms with Crippen LogP contribution in [0.25, 0.3) is 44.6 Å². The van der Waals surface area contributed by atoms with Crippen molar-refractivity contribution in [1.82, 2.24) is 29.9 Å². The third-order valence-electron chi connectivity index (χ3n) is 5.53. The Morgan fingerprint density at radius 3 is 0.854 bits per heavy atom. The van der Waals surface area contributed by atoms with E-state index >= 15 is 0 Å². The fourth-order valence-electron chi connectivity index (χ4n) is 3.74. The molecule has 0 N–H and O–H groups in total. The van der Waals surface area contributed by atoms with Gasteiger partial charge in [0.2, 0.25) is 0 Å². The molecule has 6 aromatic heterocycles. The molecule has 6 nitrogen and oxygen atoms in total. The standard InChI is InChI=1S/C12H8N2.2C10H8N2.2ClH.Ru/c1-3-9-5-6-10-4-2-8-14-12(10)11(9)13-7-1;2*1-3-7-11-9(5-1)10-6-2-4-8-12-10;;;/h1-8H;2*1-8H;2*1H;/q;;;;;+2/p-2. The Morgan fingerprint density at radius 2 is 0.585 bits per heavy atom. The van der Waals surface area contributed by atoms with Gasteiger partial charge in [-0.1, -0.05) is 48.5 Å². The minimum atomic E-state index is 0. The number of rotatable bonds is 2. The molecule has 0 aliphatic rings. The van der Waals surface area contributed by atoms with Crippen LogP contribution in [0, 0.1) is 0 Å². The molecule has 7 aromatic rings. The van der Waals surface area contributed by atoms with Gasteiger partial charge in [-0.25, -0.2) is 0 Å². The molecule has 9 heteroatoms. The second-order valence-electron chi connectivity index (χ2n) is 8.08. The first-order valence-electron chi connectivity index (χ1n) is 12.1. The van der Waals surface area contributed by atoms with Crippen LogP contribution >= 0.6 is 0 Å². The van der Waals surface area contributed by atoms with Crippen LogP contribution in [-0.2, 0) is 19.5 Å². The second-order valence-corrected chi connectivity index (χ2v) is 8.08. The molecule has 0 saturated heterocycles. The molecule has 7 rings (SSSR count). The van der Waals surface area contributed by atoms with E-state index in [0.29, 0.717) is 0 Å². The van der Waals surface area contributed by atoms with E-state index in [1.165, 1.54) is 0 Å². The average Bonchev–Trinajstić information content (AvgIpc) is 3.03. The van der Waals surface area contributed by atoms with E-state index in [1.807, 2.05) is 84.9 Å². The zero-order valence-corrected chi connectivity index (χ0v) is 24.9. The summed E-state index contributed by atoms with van der Waals surface area (Å²) in [6.45, 7) is 0. The molecule has 0 fully saturated rings. The van der Waals surface area contributed by atoms with Crippen molar-refractivity contribution in [1.29, 1.82) is 0 Å². The zero-order chi connectivity index (χ0) is 25.8. The summed E-state index contributed by atoms with van der Waals surface area (Å²) in [6.07, 6.45) is 10.7. The minimum absolute atomic E-state index is 0. The van der Waals surface area contributed by atoms with E-state index < -0.39 is 0 Å². The summed E-state index contributed by atoms with van der Waals surface area (Å²) in [4.78, 5) is 25.4. The molecule has 41 heavy (non-hydrogen) atoms. The largest absolute Gasteiger partial charge is 2.00 e. The maximum atomic E-state index is 4.35. The third-order valence-corrected chi connectivity index (χ3v) is 5.53. The molecular weight excluding hydrogens is 640 g/mol. The van der Waals surface area contributed by atoms with Gasteiger partial charge in [0.15, 0.2) is 0 Å². The predicted octanol–water partition coefficient (Wildman–Crippen LogP) is 1.08. The summed E-state index contributed by atoms with van der Waals surface area (Å²) in [5, 5.41) is 2.28. The Kier molecular flexibility index (Phi) is 14.1. The second kappa shape index (κ2) is 17.5. The van der Waals surface area contributed by atoms with Gasteiger partial charge < -0.3 is 24.8 Å². The Morgan fingerprint density at radius 1 is 0.293 bits per heavy atom. The summed E-state index contributed by atoms with van der Waals surface area (Å²) < 4.78 is 0. The van der Waals surface area contributed by atoms with Gasteiger partial charge in [0.05, 0.1) is 33.8 Å². The fraction of sp³-hybridized carbons (Fsp3) is 0. The average molecular weight is 665 g/mol. The van der Waals surface area contributed by atoms with Crippen molar-refractivity contribution >= 4 is 21.8 Å². The number of nitrogens with zero attached hydrogens (tertiary/aromatic N) is 6. The summed E-state index contributed by atoms with van der Waals surface area (Å²) >= 11 is 0. The van der Waals surface area contributed by atoms with E-state index in [1.54, 1.807) is 37.2 Å². The van der Waals surface area contributed by atoms with Gasteiger partial charge >= 0.3 is 19.5 Å². The summed E-state index contributed by atoms with van der Waals surface area (Å²) in [5.74, 6) is 0. The number of hydrogen-bond acceptors (Lipinski definition) is 6. The third kappa shape index (κ3) is 9.19. The van der Waals surface area contributed by atoms with Crippen molar-refractivity contribution in [3.05, 3.63) is 146 Å². The summed E-state index contributed by atoms with van der Waals surface area (Å²) in [7, 11) is 0. The van der Waals surface area contributed by atoms with Gasteiger partial charge in [-0.2, -0.15) is 0 Å². The number of aromatic nitrogens is 6. The normalized spacial score (nSPS) is 9.37. The Balaban J connectivity index is 0.000000208. The van der Waals surface area contributed by atoms with Crippen LogP contribution in [0.15, 0.2) is 146 Å². The maximum absolute atomic E-state index is 4.35. The Labute approximate surface area is 264 Å². The molecule has 0 saturated carbocycles. The molecular formula is C32H24Cl2N6Ru. The van der Waals surface area contributed by atoms with Crippen molar-refractivity contribution in [2.75, 3.05) is 0 Å². The van der Waals surface area contributed by atoms with Crippen LogP contribution in [0.1, 0.15) is 0 Å². The predicted molar refractivity (Wildman–Crippen MR) is 152 cm³/mol. The molecule has 0 bridgehead atoms. The zero-order valence-electron chi connectivity index (χ0n) is 21.6. The minimum Gasteiger partial charge on any atom is -1.00 e. The van der Waals surface area contributed by atoms with E-state index in [4.69, 9.17) is 0 Å². The van der Waals surface area contributed by atoms with Crippen LogP contribution in [0.4, 0.5) is 0 Å². The summed E-state index contributed by atoms with van der Waals surface area (Å²) in [5.41, 5.74) is 5.61. The topological polar surface area (TPSA) is 77.3 Å². The smallest absolute Gasteiger partial charge is 1.00 e. The Bertz CT molecular complexity index is 1510. The van der Waals surface area contributed by atoms with E-state index in [9.17, 15) is 0 Å². The molecule has 0 spiro atoms. The number of pyridine rings is 6. The Hall–Kier alpha value is -4.16. The van der Waals surface area contributed by atoms with Crippen molar-refractivity contribution in [2.24, 2.45) is 0 Å². The van der Waals surface area contributed by atoms with Gasteiger partial charge in [-0.3, -0.25) is 29.9 Å². The van der Waals surface area contributed by atoms with Gasteiger partial charge in [0, 0.05) is 48.0 Å². The first-order valence-corrected chi connectivity index (χ1v) is 12.1. The van der Waals surface area contributed by atoms with Crippen LogP contribution < -0.4 is 24.8 Å². The van der Waals surface area contributed by atoms with Crippen LogP contribution in [-0.4, -0.2) is 29.9 Å². The first kappa shape index (κ1) is 33.1. The van der Waals surface area contributed by atoms with Gasteiger partial charge in [0.25, 0.3) is 0 Å².